The number of nitrogens with zero attached hydrogens (tertiary/aromatic N) is 5. The van der Waals surface area contributed by atoms with Crippen molar-refractivity contribution in [2.45, 2.75) is 20.3 Å². The Bertz CT molecular complexity index is 982. The SMILES string of the molecule is CCc1nnc(-c2cnc(Nc3ccc(C(=O)N(C)C)c(C)c3)nc2N)o1. The number of aromatic nitrogens is 4. The molecule has 9 heteroatoms. The predicted octanol–water partition coefficient (Wildman–Crippen LogP) is 2.43. The van der Waals surface area contributed by atoms with Gasteiger partial charge in [0.1, 0.15) is 5.82 Å². The lowest BCUT2D eigenvalue weighted by atomic mass is 10.1. The Labute approximate surface area is 156 Å². The lowest BCUT2D eigenvalue weighted by Gasteiger charge is -2.14. The number of amides is 1. The molecule has 1 amide bonds. The number of anilines is 3. The number of carbonyl (C=O) groups is 1. The third-order valence-corrected chi connectivity index (χ3v) is 3.94. The molecule has 0 saturated heterocycles. The second-order valence-electron chi connectivity index (χ2n) is 6.20. The summed E-state index contributed by atoms with van der Waals surface area (Å²) in [6.45, 7) is 3.80. The van der Waals surface area contributed by atoms with Gasteiger partial charge in [0, 0.05) is 38.0 Å². The molecule has 0 aliphatic heterocycles. The third-order valence-electron chi connectivity index (χ3n) is 3.94. The van der Waals surface area contributed by atoms with E-state index in [1.165, 1.54) is 6.20 Å². The molecule has 27 heavy (non-hydrogen) atoms. The van der Waals surface area contributed by atoms with Gasteiger partial charge in [-0.3, -0.25) is 4.79 Å². The summed E-state index contributed by atoms with van der Waals surface area (Å²) in [5.74, 6) is 1.33. The van der Waals surface area contributed by atoms with Crippen molar-refractivity contribution >= 4 is 23.4 Å². The van der Waals surface area contributed by atoms with E-state index in [0.29, 0.717) is 35.3 Å². The highest BCUT2D eigenvalue weighted by Crippen LogP contribution is 2.25. The van der Waals surface area contributed by atoms with E-state index in [2.05, 4.69) is 25.5 Å². The van der Waals surface area contributed by atoms with E-state index in [1.807, 2.05) is 19.9 Å². The molecule has 0 aliphatic carbocycles. The van der Waals surface area contributed by atoms with Crippen LogP contribution in [0.4, 0.5) is 17.5 Å². The molecule has 2 heterocycles. The van der Waals surface area contributed by atoms with Gasteiger partial charge >= 0.3 is 0 Å². The maximum Gasteiger partial charge on any atom is 0.253 e. The second-order valence-corrected chi connectivity index (χ2v) is 6.20. The van der Waals surface area contributed by atoms with Gasteiger partial charge < -0.3 is 20.4 Å². The Balaban J connectivity index is 1.81. The highest BCUT2D eigenvalue weighted by atomic mass is 16.4. The summed E-state index contributed by atoms with van der Waals surface area (Å²) < 4.78 is 5.49. The number of aryl methyl sites for hydroxylation is 2. The summed E-state index contributed by atoms with van der Waals surface area (Å²) in [6.07, 6.45) is 2.17. The fourth-order valence-corrected chi connectivity index (χ4v) is 2.48. The summed E-state index contributed by atoms with van der Waals surface area (Å²) >= 11 is 0. The molecular weight excluding hydrogens is 346 g/mol. The molecule has 0 spiro atoms. The summed E-state index contributed by atoms with van der Waals surface area (Å²) in [5.41, 5.74) is 8.74. The first kappa shape index (κ1) is 18.3. The lowest BCUT2D eigenvalue weighted by Crippen LogP contribution is -2.22. The summed E-state index contributed by atoms with van der Waals surface area (Å²) in [4.78, 5) is 22.2. The van der Waals surface area contributed by atoms with Crippen LogP contribution >= 0.6 is 0 Å². The van der Waals surface area contributed by atoms with Crippen molar-refractivity contribution < 1.29 is 9.21 Å². The standard InChI is InChI=1S/C18H21N7O2/c1-5-14-23-24-16(27-14)13-9-20-18(22-15(13)19)21-11-6-7-12(10(2)8-11)17(26)25(3)4/h6-9H,5H2,1-4H3,(H3,19,20,21,22). The van der Waals surface area contributed by atoms with E-state index in [-0.39, 0.29) is 11.7 Å². The fourth-order valence-electron chi connectivity index (χ4n) is 2.48. The van der Waals surface area contributed by atoms with Crippen molar-refractivity contribution in [1.82, 2.24) is 25.1 Å². The first-order valence-electron chi connectivity index (χ1n) is 8.43. The zero-order valence-corrected chi connectivity index (χ0v) is 15.6. The Hall–Kier alpha value is -3.49. The van der Waals surface area contributed by atoms with Crippen LogP contribution in [-0.2, 0) is 6.42 Å². The molecule has 1 aromatic carbocycles. The highest BCUT2D eigenvalue weighted by molar-refractivity contribution is 5.95. The van der Waals surface area contributed by atoms with Crippen molar-refractivity contribution in [3.63, 3.8) is 0 Å². The molecular formula is C18H21N7O2. The van der Waals surface area contributed by atoms with E-state index >= 15 is 0 Å². The van der Waals surface area contributed by atoms with Crippen molar-refractivity contribution in [2.24, 2.45) is 0 Å². The van der Waals surface area contributed by atoms with Crippen LogP contribution in [0.15, 0.2) is 28.8 Å². The molecule has 0 aliphatic rings. The Kier molecular flexibility index (Phi) is 5.02. The minimum atomic E-state index is -0.0464. The molecule has 3 aromatic rings. The number of hydrogen-bond acceptors (Lipinski definition) is 8. The van der Waals surface area contributed by atoms with Crippen LogP contribution in [-0.4, -0.2) is 45.1 Å². The molecule has 3 rings (SSSR count). The average molecular weight is 367 g/mol. The van der Waals surface area contributed by atoms with Crippen LogP contribution in [0, 0.1) is 6.92 Å². The number of hydrogen-bond donors (Lipinski definition) is 2. The van der Waals surface area contributed by atoms with E-state index < -0.39 is 0 Å². The first-order valence-corrected chi connectivity index (χ1v) is 8.43. The number of nitrogen functional groups attached to an aromatic ring is 1. The number of benzene rings is 1. The van der Waals surface area contributed by atoms with Gasteiger partial charge in [-0.05, 0) is 30.7 Å². The zero-order chi connectivity index (χ0) is 19.6. The van der Waals surface area contributed by atoms with Crippen LogP contribution in [0.3, 0.4) is 0 Å². The molecule has 140 valence electrons. The minimum Gasteiger partial charge on any atom is -0.421 e. The molecule has 0 unspecified atom stereocenters. The van der Waals surface area contributed by atoms with Gasteiger partial charge in [0.15, 0.2) is 0 Å². The van der Waals surface area contributed by atoms with Crippen molar-refractivity contribution in [3.8, 4) is 11.5 Å². The van der Waals surface area contributed by atoms with Crippen molar-refractivity contribution in [2.75, 3.05) is 25.1 Å². The molecule has 0 radical (unpaired) electrons. The topological polar surface area (TPSA) is 123 Å². The van der Waals surface area contributed by atoms with Crippen molar-refractivity contribution in [3.05, 3.63) is 41.4 Å². The van der Waals surface area contributed by atoms with Gasteiger partial charge in [-0.15, -0.1) is 10.2 Å². The summed E-state index contributed by atoms with van der Waals surface area (Å²) in [5, 5.41) is 10.9. The van der Waals surface area contributed by atoms with Crippen LogP contribution in [0.1, 0.15) is 28.7 Å². The molecule has 3 N–H and O–H groups in total. The van der Waals surface area contributed by atoms with E-state index in [9.17, 15) is 4.79 Å². The van der Waals surface area contributed by atoms with E-state index in [0.717, 1.165) is 11.3 Å². The highest BCUT2D eigenvalue weighted by Gasteiger charge is 2.14. The Morgan fingerprint density at radius 2 is 2.07 bits per heavy atom. The van der Waals surface area contributed by atoms with Gasteiger partial charge in [-0.25, -0.2) is 4.98 Å². The van der Waals surface area contributed by atoms with Gasteiger partial charge in [0.05, 0.1) is 5.56 Å². The number of carbonyl (C=O) groups excluding carboxylic acids is 1. The zero-order valence-electron chi connectivity index (χ0n) is 15.6. The minimum absolute atomic E-state index is 0.0464. The first-order chi connectivity index (χ1) is 12.9. The molecule has 0 saturated carbocycles. The quantitative estimate of drug-likeness (QED) is 0.705. The van der Waals surface area contributed by atoms with Crippen LogP contribution in [0.2, 0.25) is 0 Å². The molecule has 9 nitrogen and oxygen atoms in total. The smallest absolute Gasteiger partial charge is 0.253 e. The van der Waals surface area contributed by atoms with Crippen LogP contribution in [0.5, 0.6) is 0 Å². The second kappa shape index (κ2) is 7.40. The van der Waals surface area contributed by atoms with Crippen molar-refractivity contribution in [1.29, 1.82) is 0 Å². The Morgan fingerprint density at radius 3 is 2.67 bits per heavy atom. The molecule has 0 bridgehead atoms. The fraction of sp³-hybridized carbons (Fsp3) is 0.278. The Morgan fingerprint density at radius 1 is 1.30 bits per heavy atom. The maximum atomic E-state index is 12.1. The maximum absolute atomic E-state index is 12.1. The number of rotatable bonds is 5. The number of nitrogens with one attached hydrogen (secondary N) is 1. The molecule has 0 fully saturated rings. The van der Waals surface area contributed by atoms with Gasteiger partial charge in [-0.2, -0.15) is 4.98 Å². The van der Waals surface area contributed by atoms with Gasteiger partial charge in [0.25, 0.3) is 11.8 Å². The third kappa shape index (κ3) is 3.86. The van der Waals surface area contributed by atoms with Crippen LogP contribution < -0.4 is 11.1 Å². The van der Waals surface area contributed by atoms with Gasteiger partial charge in [-0.1, -0.05) is 6.92 Å². The predicted molar refractivity (Wildman–Crippen MR) is 102 cm³/mol. The van der Waals surface area contributed by atoms with Gasteiger partial charge in [0.2, 0.25) is 11.8 Å². The lowest BCUT2D eigenvalue weighted by molar-refractivity contribution is 0.0827. The monoisotopic (exact) mass is 367 g/mol. The average Bonchev–Trinajstić information content (AvgIpc) is 3.10. The van der Waals surface area contributed by atoms with E-state index in [1.54, 1.807) is 31.1 Å². The largest absolute Gasteiger partial charge is 0.421 e. The molecule has 2 aromatic heterocycles. The summed E-state index contributed by atoms with van der Waals surface area (Å²) in [6, 6.07) is 5.42. The number of nitrogens with two attached hydrogens (primary N) is 1. The summed E-state index contributed by atoms with van der Waals surface area (Å²) in [7, 11) is 3.44. The molecule has 0 atom stereocenters. The normalized spacial score (nSPS) is 10.7. The van der Waals surface area contributed by atoms with E-state index in [4.69, 9.17) is 10.2 Å². The van der Waals surface area contributed by atoms with Crippen LogP contribution in [0.25, 0.3) is 11.5 Å².